The van der Waals surface area contributed by atoms with Crippen LogP contribution in [0.4, 0.5) is 13.2 Å². The highest BCUT2D eigenvalue weighted by atomic mass is 19.4. The van der Waals surface area contributed by atoms with Crippen LogP contribution in [0.15, 0.2) is 23.0 Å². The van der Waals surface area contributed by atoms with Crippen molar-refractivity contribution in [1.82, 2.24) is 15.3 Å². The molecule has 0 spiro atoms. The summed E-state index contributed by atoms with van der Waals surface area (Å²) in [7, 11) is 1.71. The van der Waals surface area contributed by atoms with Crippen molar-refractivity contribution >= 4 is 10.9 Å². The van der Waals surface area contributed by atoms with E-state index in [9.17, 15) is 18.0 Å². The number of benzene rings is 1. The van der Waals surface area contributed by atoms with Crippen LogP contribution in [0, 0.1) is 0 Å². The quantitative estimate of drug-likeness (QED) is 0.893. The molecule has 0 amide bonds. The maximum atomic E-state index is 12.9. The van der Waals surface area contributed by atoms with Gasteiger partial charge in [-0.15, -0.1) is 0 Å². The van der Waals surface area contributed by atoms with Gasteiger partial charge >= 0.3 is 6.18 Å². The van der Waals surface area contributed by atoms with Crippen LogP contribution in [0.3, 0.4) is 0 Å². The first-order valence-corrected chi connectivity index (χ1v) is 5.67. The topological polar surface area (TPSA) is 57.8 Å². The lowest BCUT2D eigenvalue weighted by molar-refractivity contribution is -0.136. The van der Waals surface area contributed by atoms with E-state index in [1.54, 1.807) is 7.05 Å². The molecular weight excluding hydrogens is 259 g/mol. The second kappa shape index (κ2) is 5.00. The molecule has 0 aliphatic heterocycles. The first-order valence-electron chi connectivity index (χ1n) is 5.67. The van der Waals surface area contributed by atoms with E-state index in [4.69, 9.17) is 0 Å². The molecule has 2 N–H and O–H groups in total. The maximum Gasteiger partial charge on any atom is 0.418 e. The minimum Gasteiger partial charge on any atom is -0.319 e. The van der Waals surface area contributed by atoms with Gasteiger partial charge in [-0.05, 0) is 19.2 Å². The van der Waals surface area contributed by atoms with Gasteiger partial charge in [-0.1, -0.05) is 6.07 Å². The molecule has 102 valence electrons. The molecule has 0 fully saturated rings. The van der Waals surface area contributed by atoms with E-state index < -0.39 is 17.3 Å². The van der Waals surface area contributed by atoms with Crippen molar-refractivity contribution in [3.63, 3.8) is 0 Å². The number of likely N-dealkylation sites (N-methyl/N-ethyl adjacent to an activating group) is 1. The molecule has 1 heterocycles. The highest BCUT2D eigenvalue weighted by Crippen LogP contribution is 2.32. The number of aromatic nitrogens is 2. The molecule has 0 aliphatic carbocycles. The molecule has 0 saturated heterocycles. The highest BCUT2D eigenvalue weighted by molar-refractivity contribution is 5.81. The van der Waals surface area contributed by atoms with Crippen LogP contribution in [0.25, 0.3) is 10.9 Å². The molecule has 0 aliphatic rings. The predicted molar refractivity (Wildman–Crippen MR) is 65.0 cm³/mol. The summed E-state index contributed by atoms with van der Waals surface area (Å²) in [4.78, 5) is 18.2. The van der Waals surface area contributed by atoms with Gasteiger partial charge in [0.05, 0.1) is 16.5 Å². The van der Waals surface area contributed by atoms with Crippen LogP contribution in [-0.4, -0.2) is 23.6 Å². The Balaban J connectivity index is 2.66. The average molecular weight is 271 g/mol. The molecular formula is C12H12F3N3O. The zero-order chi connectivity index (χ0) is 14.0. The molecule has 4 nitrogen and oxygen atoms in total. The lowest BCUT2D eigenvalue weighted by Crippen LogP contribution is -2.18. The second-order valence-electron chi connectivity index (χ2n) is 4.07. The number of nitrogens with zero attached hydrogens (tertiary/aromatic N) is 1. The zero-order valence-corrected chi connectivity index (χ0v) is 10.1. The second-order valence-corrected chi connectivity index (χ2v) is 4.07. The number of hydrogen-bond acceptors (Lipinski definition) is 3. The molecule has 0 bridgehead atoms. The third kappa shape index (κ3) is 2.76. The number of hydrogen-bond donors (Lipinski definition) is 2. The summed E-state index contributed by atoms with van der Waals surface area (Å²) in [6, 6.07) is 3.46. The van der Waals surface area contributed by atoms with Gasteiger partial charge in [0.15, 0.2) is 0 Å². The fourth-order valence-corrected chi connectivity index (χ4v) is 1.80. The molecule has 0 saturated carbocycles. The number of fused-ring (bicyclic) bond motifs is 1. The molecule has 2 rings (SSSR count). The van der Waals surface area contributed by atoms with E-state index in [0.717, 1.165) is 6.07 Å². The summed E-state index contributed by atoms with van der Waals surface area (Å²) in [5, 5.41) is 2.79. The van der Waals surface area contributed by atoms with E-state index in [2.05, 4.69) is 15.3 Å². The van der Waals surface area contributed by atoms with Crippen molar-refractivity contribution in [1.29, 1.82) is 0 Å². The summed E-state index contributed by atoms with van der Waals surface area (Å²) in [5.41, 5.74) is -1.74. The largest absolute Gasteiger partial charge is 0.418 e. The van der Waals surface area contributed by atoms with E-state index in [0.29, 0.717) is 13.0 Å². The number of aromatic amines is 1. The first kappa shape index (κ1) is 13.5. The summed E-state index contributed by atoms with van der Waals surface area (Å²) in [6.45, 7) is 0.516. The first-order chi connectivity index (χ1) is 8.93. The van der Waals surface area contributed by atoms with E-state index in [1.807, 2.05) is 0 Å². The van der Waals surface area contributed by atoms with Gasteiger partial charge in [-0.2, -0.15) is 13.2 Å². The van der Waals surface area contributed by atoms with Crippen LogP contribution >= 0.6 is 0 Å². The van der Waals surface area contributed by atoms with Crippen molar-refractivity contribution in [2.24, 2.45) is 0 Å². The number of rotatable bonds is 3. The average Bonchev–Trinajstić information content (AvgIpc) is 2.34. The van der Waals surface area contributed by atoms with Crippen LogP contribution in [-0.2, 0) is 12.6 Å². The Morgan fingerprint density at radius 2 is 2.11 bits per heavy atom. The van der Waals surface area contributed by atoms with Crippen LogP contribution in [0.2, 0.25) is 0 Å². The van der Waals surface area contributed by atoms with Crippen molar-refractivity contribution in [3.8, 4) is 0 Å². The third-order valence-corrected chi connectivity index (χ3v) is 2.70. The van der Waals surface area contributed by atoms with E-state index >= 15 is 0 Å². The Kier molecular flexibility index (Phi) is 3.57. The van der Waals surface area contributed by atoms with Gasteiger partial charge in [0.1, 0.15) is 5.82 Å². The van der Waals surface area contributed by atoms with Crippen LogP contribution in [0.5, 0.6) is 0 Å². The fourth-order valence-electron chi connectivity index (χ4n) is 1.80. The van der Waals surface area contributed by atoms with Crippen LogP contribution < -0.4 is 10.9 Å². The number of para-hydroxylation sites is 1. The lowest BCUT2D eigenvalue weighted by atomic mass is 10.1. The molecule has 0 unspecified atom stereocenters. The number of H-pyrrole nitrogens is 1. The molecule has 2 aromatic rings. The fraction of sp³-hybridized carbons (Fsp3) is 0.333. The van der Waals surface area contributed by atoms with Crippen molar-refractivity contribution < 1.29 is 13.2 Å². The maximum absolute atomic E-state index is 12.9. The molecule has 1 aromatic carbocycles. The molecule has 19 heavy (non-hydrogen) atoms. The Hall–Kier alpha value is -1.89. The van der Waals surface area contributed by atoms with Gasteiger partial charge in [-0.25, -0.2) is 4.98 Å². The SMILES string of the molecule is CNCCc1nc2c(C(F)(F)F)cccc2c(=O)[nH]1. The Bertz CT molecular complexity index is 649. The van der Waals surface area contributed by atoms with Crippen molar-refractivity contribution in [2.45, 2.75) is 12.6 Å². The van der Waals surface area contributed by atoms with Crippen molar-refractivity contribution in [2.75, 3.05) is 13.6 Å². The molecule has 0 radical (unpaired) electrons. The molecule has 7 heteroatoms. The minimum atomic E-state index is -4.53. The third-order valence-electron chi connectivity index (χ3n) is 2.70. The van der Waals surface area contributed by atoms with Gasteiger partial charge in [-0.3, -0.25) is 4.79 Å². The Labute approximate surface area is 106 Å². The smallest absolute Gasteiger partial charge is 0.319 e. The normalized spacial score (nSPS) is 12.0. The zero-order valence-electron chi connectivity index (χ0n) is 10.1. The molecule has 0 atom stereocenters. The van der Waals surface area contributed by atoms with Gasteiger partial charge in [0.25, 0.3) is 5.56 Å². The van der Waals surface area contributed by atoms with E-state index in [-0.39, 0.29) is 16.7 Å². The Morgan fingerprint density at radius 1 is 1.37 bits per heavy atom. The van der Waals surface area contributed by atoms with Gasteiger partial charge in [0, 0.05) is 13.0 Å². The van der Waals surface area contributed by atoms with E-state index in [1.165, 1.54) is 12.1 Å². The van der Waals surface area contributed by atoms with Crippen molar-refractivity contribution in [3.05, 3.63) is 39.9 Å². The highest BCUT2D eigenvalue weighted by Gasteiger charge is 2.33. The summed E-state index contributed by atoms with van der Waals surface area (Å²) in [6.07, 6.45) is -4.17. The summed E-state index contributed by atoms with van der Waals surface area (Å²) in [5.74, 6) is 0.239. The number of nitrogens with one attached hydrogen (secondary N) is 2. The number of halogens is 3. The monoisotopic (exact) mass is 271 g/mol. The minimum absolute atomic E-state index is 0.0527. The summed E-state index contributed by atoms with van der Waals surface area (Å²) < 4.78 is 38.6. The van der Waals surface area contributed by atoms with Gasteiger partial charge < -0.3 is 10.3 Å². The summed E-state index contributed by atoms with van der Waals surface area (Å²) >= 11 is 0. The lowest BCUT2D eigenvalue weighted by Gasteiger charge is -2.10. The predicted octanol–water partition coefficient (Wildman–Crippen LogP) is 1.70. The number of alkyl halides is 3. The Morgan fingerprint density at radius 3 is 2.74 bits per heavy atom. The molecule has 1 aromatic heterocycles. The van der Waals surface area contributed by atoms with Gasteiger partial charge in [0.2, 0.25) is 0 Å². The standard InChI is InChI=1S/C12H12F3N3O/c1-16-6-5-9-17-10-7(11(19)18-9)3-2-4-8(10)12(13,14)15/h2-4,16H,5-6H2,1H3,(H,17,18,19). The van der Waals surface area contributed by atoms with Crippen LogP contribution in [0.1, 0.15) is 11.4 Å².